The van der Waals surface area contributed by atoms with Crippen LogP contribution in [0.15, 0.2) is 0 Å². The normalized spacial score (nSPS) is 15.3. The van der Waals surface area contributed by atoms with Crippen LogP contribution in [0.2, 0.25) is 0 Å². The zero-order valence-corrected chi connectivity index (χ0v) is 20.9. The molecule has 0 heterocycles. The molecule has 0 saturated carbocycles. The van der Waals surface area contributed by atoms with Gasteiger partial charge in [-0.1, -0.05) is 20.3 Å². The fraction of sp³-hybridized carbons (Fsp3) is 0.762. The van der Waals surface area contributed by atoms with Crippen LogP contribution < -0.4 is 27.4 Å². The maximum Gasteiger partial charge on any atom is 0.326 e. The van der Waals surface area contributed by atoms with Gasteiger partial charge in [-0.05, 0) is 50.2 Å². The number of aliphatic carboxylic acids is 2. The summed E-state index contributed by atoms with van der Waals surface area (Å²) >= 11 is 1.45. The van der Waals surface area contributed by atoms with Gasteiger partial charge in [-0.3, -0.25) is 19.2 Å². The maximum atomic E-state index is 13.0. The highest BCUT2D eigenvalue weighted by Crippen LogP contribution is 2.11. The fourth-order valence-corrected chi connectivity index (χ4v) is 3.50. The van der Waals surface area contributed by atoms with E-state index in [0.717, 1.165) is 0 Å². The molecule has 0 aliphatic heterocycles. The molecule has 196 valence electrons. The molecule has 0 radical (unpaired) electrons. The third-order valence-corrected chi connectivity index (χ3v) is 5.97. The van der Waals surface area contributed by atoms with Crippen molar-refractivity contribution in [3.8, 4) is 0 Å². The van der Waals surface area contributed by atoms with Crippen molar-refractivity contribution < 1.29 is 34.2 Å². The lowest BCUT2D eigenvalue weighted by molar-refractivity contribution is -0.142. The molecule has 12 nitrogen and oxygen atoms in total. The van der Waals surface area contributed by atoms with Crippen molar-refractivity contribution in [2.45, 2.75) is 76.5 Å². The van der Waals surface area contributed by atoms with Crippen LogP contribution in [0.1, 0.15) is 52.4 Å². The number of carboxylic acid groups (broad SMARTS) is 2. The minimum absolute atomic E-state index is 0.203. The number of carboxylic acids is 2. The van der Waals surface area contributed by atoms with Gasteiger partial charge in [0.25, 0.3) is 0 Å². The second-order valence-electron chi connectivity index (χ2n) is 8.10. The van der Waals surface area contributed by atoms with Crippen molar-refractivity contribution in [1.29, 1.82) is 0 Å². The van der Waals surface area contributed by atoms with Gasteiger partial charge in [-0.2, -0.15) is 11.8 Å². The van der Waals surface area contributed by atoms with Gasteiger partial charge in [-0.25, -0.2) is 4.79 Å². The second-order valence-corrected chi connectivity index (χ2v) is 9.09. The molecule has 0 aromatic rings. The van der Waals surface area contributed by atoms with Crippen LogP contribution in [0.3, 0.4) is 0 Å². The van der Waals surface area contributed by atoms with E-state index in [9.17, 15) is 29.1 Å². The molecule has 0 saturated heterocycles. The highest BCUT2D eigenvalue weighted by Gasteiger charge is 2.32. The first kappa shape index (κ1) is 31.6. The predicted octanol–water partition coefficient (Wildman–Crippen LogP) is -0.744. The topological polar surface area (TPSA) is 214 Å². The molecule has 0 aromatic heterocycles. The number of nitrogens with one attached hydrogen (secondary N) is 3. The number of hydrogen-bond acceptors (Lipinski definition) is 8. The van der Waals surface area contributed by atoms with E-state index in [1.165, 1.54) is 11.8 Å². The van der Waals surface area contributed by atoms with Gasteiger partial charge in [0.1, 0.15) is 18.1 Å². The Kier molecular flexibility index (Phi) is 15.9. The first-order chi connectivity index (χ1) is 16.0. The molecule has 0 rings (SSSR count). The Morgan fingerprint density at radius 2 is 1.53 bits per heavy atom. The van der Waals surface area contributed by atoms with E-state index < -0.39 is 60.2 Å². The number of carbonyl (C=O) groups excluding carboxylic acids is 3. The molecule has 0 aliphatic rings. The smallest absolute Gasteiger partial charge is 0.326 e. The summed E-state index contributed by atoms with van der Waals surface area (Å²) in [7, 11) is 0. The monoisotopic (exact) mass is 505 g/mol. The van der Waals surface area contributed by atoms with E-state index >= 15 is 0 Å². The minimum atomic E-state index is -1.34. The van der Waals surface area contributed by atoms with Gasteiger partial charge in [0.2, 0.25) is 17.7 Å². The summed E-state index contributed by atoms with van der Waals surface area (Å²) in [5.74, 6) is -4.30. The number of nitrogens with two attached hydrogens (primary N) is 2. The molecule has 13 heteroatoms. The van der Waals surface area contributed by atoms with E-state index in [1.54, 1.807) is 6.92 Å². The van der Waals surface area contributed by atoms with Crippen LogP contribution in [0.25, 0.3) is 0 Å². The average Bonchev–Trinajstić information content (AvgIpc) is 2.77. The van der Waals surface area contributed by atoms with Gasteiger partial charge in [-0.15, -0.1) is 0 Å². The standard InChI is InChI=1S/C21H39N5O7S/c1-4-12(2)17(20(31)25-15(21(32)33)8-10-34-3)26-19(30)14(7-5-6-9-22)24-18(29)13(23)11-16(27)28/h12-15,17H,4-11,22-23H2,1-3H3,(H,24,29)(H,25,31)(H,26,30)(H,27,28)(H,32,33). The Morgan fingerprint density at radius 3 is 2.03 bits per heavy atom. The Morgan fingerprint density at radius 1 is 0.912 bits per heavy atom. The lowest BCUT2D eigenvalue weighted by Crippen LogP contribution is -2.58. The molecule has 0 spiro atoms. The number of unbranched alkanes of at least 4 members (excludes halogenated alkanes) is 1. The SMILES string of the molecule is CCC(C)C(NC(=O)C(CCCCN)NC(=O)C(N)CC(=O)O)C(=O)NC(CCSC)C(=O)O. The summed E-state index contributed by atoms with van der Waals surface area (Å²) in [6, 6.07) is -4.54. The van der Waals surface area contributed by atoms with Gasteiger partial charge >= 0.3 is 11.9 Å². The number of thioether (sulfide) groups is 1. The molecular formula is C21H39N5O7S. The molecule has 9 N–H and O–H groups in total. The van der Waals surface area contributed by atoms with Gasteiger partial charge in [0.15, 0.2) is 0 Å². The quantitative estimate of drug-likeness (QED) is 0.116. The number of amides is 3. The largest absolute Gasteiger partial charge is 0.481 e. The summed E-state index contributed by atoms with van der Waals surface area (Å²) < 4.78 is 0. The first-order valence-electron chi connectivity index (χ1n) is 11.3. The minimum Gasteiger partial charge on any atom is -0.481 e. The number of hydrogen-bond donors (Lipinski definition) is 7. The summed E-state index contributed by atoms with van der Waals surface area (Å²) in [6.07, 6.45) is 3.26. The van der Waals surface area contributed by atoms with Crippen LogP contribution >= 0.6 is 11.8 Å². The van der Waals surface area contributed by atoms with Crippen LogP contribution in [-0.2, 0) is 24.0 Å². The lowest BCUT2D eigenvalue weighted by atomic mass is 9.97. The van der Waals surface area contributed by atoms with Crippen molar-refractivity contribution in [1.82, 2.24) is 16.0 Å². The highest BCUT2D eigenvalue weighted by molar-refractivity contribution is 7.98. The first-order valence-corrected chi connectivity index (χ1v) is 12.7. The van der Waals surface area contributed by atoms with Crippen LogP contribution in [0.5, 0.6) is 0 Å². The summed E-state index contributed by atoms with van der Waals surface area (Å²) in [5, 5.41) is 25.8. The predicted molar refractivity (Wildman–Crippen MR) is 129 cm³/mol. The van der Waals surface area contributed by atoms with Gasteiger partial charge < -0.3 is 37.6 Å². The summed E-state index contributed by atoms with van der Waals surface area (Å²) in [4.78, 5) is 60.6. The van der Waals surface area contributed by atoms with E-state index in [1.807, 2.05) is 13.2 Å². The highest BCUT2D eigenvalue weighted by atomic mass is 32.2. The van der Waals surface area contributed by atoms with Gasteiger partial charge in [0, 0.05) is 0 Å². The van der Waals surface area contributed by atoms with E-state index in [2.05, 4.69) is 16.0 Å². The Balaban J connectivity index is 5.53. The van der Waals surface area contributed by atoms with Gasteiger partial charge in [0.05, 0.1) is 12.5 Å². The Hall–Kier alpha value is -2.38. The zero-order valence-electron chi connectivity index (χ0n) is 20.0. The molecule has 3 amide bonds. The molecule has 5 unspecified atom stereocenters. The van der Waals surface area contributed by atoms with E-state index in [4.69, 9.17) is 16.6 Å². The lowest BCUT2D eigenvalue weighted by Gasteiger charge is -2.28. The molecular weight excluding hydrogens is 466 g/mol. The molecule has 5 atom stereocenters. The van der Waals surface area contributed by atoms with Crippen molar-refractivity contribution in [2.75, 3.05) is 18.6 Å². The average molecular weight is 506 g/mol. The Bertz CT molecular complexity index is 694. The van der Waals surface area contributed by atoms with Crippen LogP contribution in [-0.4, -0.2) is 82.6 Å². The number of rotatable bonds is 18. The van der Waals surface area contributed by atoms with E-state index in [0.29, 0.717) is 31.6 Å². The van der Waals surface area contributed by atoms with E-state index in [-0.39, 0.29) is 18.8 Å². The number of carbonyl (C=O) groups is 5. The molecule has 34 heavy (non-hydrogen) atoms. The van der Waals surface area contributed by atoms with Crippen molar-refractivity contribution in [2.24, 2.45) is 17.4 Å². The third-order valence-electron chi connectivity index (χ3n) is 5.33. The molecule has 0 aliphatic carbocycles. The Labute approximate surface area is 204 Å². The van der Waals surface area contributed by atoms with Crippen molar-refractivity contribution >= 4 is 41.4 Å². The molecule has 0 bridgehead atoms. The molecule has 0 fully saturated rings. The van der Waals surface area contributed by atoms with Crippen LogP contribution in [0.4, 0.5) is 0 Å². The third kappa shape index (κ3) is 12.2. The second kappa shape index (κ2) is 17.1. The zero-order chi connectivity index (χ0) is 26.3. The fourth-order valence-electron chi connectivity index (χ4n) is 3.03. The molecule has 0 aromatic carbocycles. The van der Waals surface area contributed by atoms with Crippen molar-refractivity contribution in [3.05, 3.63) is 0 Å². The van der Waals surface area contributed by atoms with Crippen molar-refractivity contribution in [3.63, 3.8) is 0 Å². The summed E-state index contributed by atoms with van der Waals surface area (Å²) in [5.41, 5.74) is 11.1. The van der Waals surface area contributed by atoms with Crippen LogP contribution in [0, 0.1) is 5.92 Å². The summed E-state index contributed by atoms with van der Waals surface area (Å²) in [6.45, 7) is 3.95. The maximum absolute atomic E-state index is 13.0.